The van der Waals surface area contributed by atoms with Gasteiger partial charge in [-0.15, -0.1) is 0 Å². The van der Waals surface area contributed by atoms with Gasteiger partial charge >= 0.3 is 6.09 Å². The first-order valence-corrected chi connectivity index (χ1v) is 9.88. The summed E-state index contributed by atoms with van der Waals surface area (Å²) in [7, 11) is -3.75. The lowest BCUT2D eigenvalue weighted by atomic mass is 10.1. The molecule has 7 nitrogen and oxygen atoms in total. The van der Waals surface area contributed by atoms with Gasteiger partial charge in [0.05, 0.1) is 17.1 Å². The number of fused-ring (bicyclic) bond motifs is 1. The van der Waals surface area contributed by atoms with Crippen LogP contribution in [-0.4, -0.2) is 40.7 Å². The fourth-order valence-electron chi connectivity index (χ4n) is 2.71. The Labute approximate surface area is 153 Å². The van der Waals surface area contributed by atoms with Crippen molar-refractivity contribution in [3.63, 3.8) is 0 Å². The highest BCUT2D eigenvalue weighted by molar-refractivity contribution is 7.89. The van der Waals surface area contributed by atoms with Crippen LogP contribution in [0.3, 0.4) is 0 Å². The van der Waals surface area contributed by atoms with E-state index in [2.05, 4.69) is 5.10 Å². The predicted octanol–water partition coefficient (Wildman–Crippen LogP) is 2.72. The molecule has 0 unspecified atom stereocenters. The van der Waals surface area contributed by atoms with Gasteiger partial charge in [0.2, 0.25) is 0 Å². The number of ether oxygens (including phenoxy) is 1. The minimum atomic E-state index is -3.75. The topological polar surface area (TPSA) is 81.5 Å². The van der Waals surface area contributed by atoms with Gasteiger partial charge in [-0.3, -0.25) is 0 Å². The molecule has 3 rings (SSSR count). The molecule has 0 spiro atoms. The van der Waals surface area contributed by atoms with Crippen LogP contribution >= 0.6 is 0 Å². The third kappa shape index (κ3) is 3.75. The number of rotatable bonds is 2. The van der Waals surface area contributed by atoms with Crippen molar-refractivity contribution < 1.29 is 17.9 Å². The molecule has 8 heteroatoms. The van der Waals surface area contributed by atoms with Crippen molar-refractivity contribution in [3.8, 4) is 0 Å². The van der Waals surface area contributed by atoms with Gasteiger partial charge in [0.15, 0.2) is 0 Å². The van der Waals surface area contributed by atoms with Crippen LogP contribution in [0.25, 0.3) is 0 Å². The molecule has 1 amide bonds. The summed E-state index contributed by atoms with van der Waals surface area (Å²) in [5.41, 5.74) is 1.83. The third-order valence-corrected chi connectivity index (χ3v) is 5.60. The summed E-state index contributed by atoms with van der Waals surface area (Å²) in [6.07, 6.45) is 1.57. The van der Waals surface area contributed by atoms with Crippen LogP contribution in [0.2, 0.25) is 0 Å². The Hall–Kier alpha value is -2.35. The van der Waals surface area contributed by atoms with Crippen molar-refractivity contribution in [2.45, 2.75) is 51.2 Å². The van der Waals surface area contributed by atoms with E-state index in [0.717, 1.165) is 15.2 Å². The van der Waals surface area contributed by atoms with E-state index < -0.39 is 21.7 Å². The first-order valence-electron chi connectivity index (χ1n) is 8.44. The largest absolute Gasteiger partial charge is 0.444 e. The molecule has 0 atom stereocenters. The number of carbonyl (C=O) groups is 1. The van der Waals surface area contributed by atoms with Crippen LogP contribution in [0.1, 0.15) is 37.6 Å². The lowest BCUT2D eigenvalue weighted by Gasteiger charge is -2.29. The summed E-state index contributed by atoms with van der Waals surface area (Å²) in [5, 5.41) is 4.24. The van der Waals surface area contributed by atoms with Crippen LogP contribution in [0.15, 0.2) is 35.4 Å². The van der Waals surface area contributed by atoms with Gasteiger partial charge in [0, 0.05) is 24.7 Å². The molecule has 1 aliphatic heterocycles. The van der Waals surface area contributed by atoms with E-state index in [1.165, 1.54) is 6.20 Å². The quantitative estimate of drug-likeness (QED) is 0.804. The van der Waals surface area contributed by atoms with E-state index in [0.29, 0.717) is 18.7 Å². The molecule has 0 aliphatic carbocycles. The summed E-state index contributed by atoms with van der Waals surface area (Å²) in [5.74, 6) is 0. The highest BCUT2D eigenvalue weighted by Gasteiger charge is 2.29. The number of aryl methyl sites for hydroxylation is 1. The summed E-state index contributed by atoms with van der Waals surface area (Å²) in [6.45, 7) is 8.07. The standard InChI is InChI=1S/C18H23N3O4S/c1-13-5-7-15(8-6-13)26(23,24)21-12-14-11-20(10-9-16(14)19-21)17(22)25-18(2,3)4/h5-8,12H,9-11H2,1-4H3. The van der Waals surface area contributed by atoms with Gasteiger partial charge < -0.3 is 9.64 Å². The van der Waals surface area contributed by atoms with Crippen molar-refractivity contribution in [3.05, 3.63) is 47.3 Å². The second-order valence-electron chi connectivity index (χ2n) is 7.44. The molecular weight excluding hydrogens is 354 g/mol. The van der Waals surface area contributed by atoms with Gasteiger partial charge in [0.25, 0.3) is 10.0 Å². The SMILES string of the molecule is Cc1ccc(S(=O)(=O)n2cc3c(n2)CCN(C(=O)OC(C)(C)C)C3)cc1. The van der Waals surface area contributed by atoms with Gasteiger partial charge in [-0.05, 0) is 39.8 Å². The molecule has 0 fully saturated rings. The Morgan fingerprint density at radius 1 is 1.19 bits per heavy atom. The lowest BCUT2D eigenvalue weighted by Crippen LogP contribution is -2.39. The highest BCUT2D eigenvalue weighted by Crippen LogP contribution is 2.22. The predicted molar refractivity (Wildman–Crippen MR) is 96.3 cm³/mol. The van der Waals surface area contributed by atoms with E-state index in [1.54, 1.807) is 29.2 Å². The lowest BCUT2D eigenvalue weighted by molar-refractivity contribution is 0.0223. The number of hydrogen-bond donors (Lipinski definition) is 0. The Kier molecular flexibility index (Phi) is 4.56. The maximum Gasteiger partial charge on any atom is 0.410 e. The third-order valence-electron chi connectivity index (χ3n) is 4.05. The molecule has 1 aliphatic rings. The fraction of sp³-hybridized carbons (Fsp3) is 0.444. The second-order valence-corrected chi connectivity index (χ2v) is 9.24. The van der Waals surface area contributed by atoms with Crippen LogP contribution in [0, 0.1) is 6.92 Å². The van der Waals surface area contributed by atoms with Crippen molar-refractivity contribution >= 4 is 16.1 Å². The number of nitrogens with zero attached hydrogens (tertiary/aromatic N) is 3. The van der Waals surface area contributed by atoms with Crippen molar-refractivity contribution in [2.75, 3.05) is 6.54 Å². The molecule has 0 N–H and O–H groups in total. The maximum atomic E-state index is 12.8. The summed E-state index contributed by atoms with van der Waals surface area (Å²) in [6, 6.07) is 6.64. The summed E-state index contributed by atoms with van der Waals surface area (Å²) in [4.78, 5) is 14.0. The van der Waals surface area contributed by atoms with Crippen LogP contribution in [0.5, 0.6) is 0 Å². The van der Waals surface area contributed by atoms with E-state index in [9.17, 15) is 13.2 Å². The zero-order valence-corrected chi connectivity index (χ0v) is 16.2. The molecule has 1 aromatic heterocycles. The minimum Gasteiger partial charge on any atom is -0.444 e. The van der Waals surface area contributed by atoms with Gasteiger partial charge in [-0.1, -0.05) is 17.7 Å². The summed E-state index contributed by atoms with van der Waals surface area (Å²) < 4.78 is 31.9. The normalized spacial score (nSPS) is 14.8. The summed E-state index contributed by atoms with van der Waals surface area (Å²) >= 11 is 0. The molecule has 0 saturated heterocycles. The Morgan fingerprint density at radius 3 is 2.46 bits per heavy atom. The van der Waals surface area contributed by atoms with Crippen molar-refractivity contribution in [1.82, 2.24) is 14.1 Å². The molecular formula is C18H23N3O4S. The van der Waals surface area contributed by atoms with Gasteiger partial charge in [0.1, 0.15) is 5.60 Å². The highest BCUT2D eigenvalue weighted by atomic mass is 32.2. The number of carbonyl (C=O) groups excluding carboxylic acids is 1. The first kappa shape index (κ1) is 18.4. The second kappa shape index (κ2) is 6.42. The van der Waals surface area contributed by atoms with Crippen LogP contribution in [0.4, 0.5) is 4.79 Å². The van der Waals surface area contributed by atoms with E-state index >= 15 is 0 Å². The van der Waals surface area contributed by atoms with Crippen molar-refractivity contribution in [2.24, 2.45) is 0 Å². The molecule has 2 heterocycles. The van der Waals surface area contributed by atoms with Crippen molar-refractivity contribution in [1.29, 1.82) is 0 Å². The molecule has 140 valence electrons. The molecule has 26 heavy (non-hydrogen) atoms. The van der Waals surface area contributed by atoms with Crippen LogP contribution < -0.4 is 0 Å². The number of benzene rings is 1. The average Bonchev–Trinajstić information content (AvgIpc) is 2.97. The van der Waals surface area contributed by atoms with Crippen LogP contribution in [-0.2, 0) is 27.7 Å². The molecule has 0 radical (unpaired) electrons. The van der Waals surface area contributed by atoms with E-state index in [4.69, 9.17) is 4.74 Å². The fourth-order valence-corrected chi connectivity index (χ4v) is 3.88. The molecule has 1 aromatic carbocycles. The number of aromatic nitrogens is 2. The molecule has 0 saturated carbocycles. The van der Waals surface area contributed by atoms with Gasteiger partial charge in [-0.2, -0.15) is 17.6 Å². The zero-order valence-electron chi connectivity index (χ0n) is 15.4. The number of hydrogen-bond acceptors (Lipinski definition) is 5. The molecule has 2 aromatic rings. The Bertz CT molecular complexity index is 924. The zero-order chi connectivity index (χ0) is 19.1. The smallest absolute Gasteiger partial charge is 0.410 e. The minimum absolute atomic E-state index is 0.187. The van der Waals surface area contributed by atoms with E-state index in [-0.39, 0.29) is 11.4 Å². The average molecular weight is 377 g/mol. The number of amides is 1. The molecule has 0 bridgehead atoms. The maximum absolute atomic E-state index is 12.8. The Morgan fingerprint density at radius 2 is 1.85 bits per heavy atom. The Balaban J connectivity index is 1.83. The van der Waals surface area contributed by atoms with E-state index in [1.807, 2.05) is 27.7 Å². The monoisotopic (exact) mass is 377 g/mol. The first-order chi connectivity index (χ1) is 12.1. The van der Waals surface area contributed by atoms with Gasteiger partial charge in [-0.25, -0.2) is 4.79 Å².